The highest BCUT2D eigenvalue weighted by Gasteiger charge is 2.11. The van der Waals surface area contributed by atoms with Crippen molar-refractivity contribution in [2.45, 2.75) is 19.6 Å². The number of hydrogen-bond acceptors (Lipinski definition) is 2. The maximum atomic E-state index is 13.2. The second-order valence-corrected chi connectivity index (χ2v) is 3.75. The summed E-state index contributed by atoms with van der Waals surface area (Å²) in [6.45, 7) is 2.17. The minimum atomic E-state index is -0.549. The lowest BCUT2D eigenvalue weighted by molar-refractivity contribution is 0.137. The average Bonchev–Trinajstić information content (AvgIpc) is 2.10. The number of likely N-dealkylation sites (N-methyl/N-ethyl adjacent to an activating group) is 1. The molecule has 0 aliphatic heterocycles. The van der Waals surface area contributed by atoms with Gasteiger partial charge >= 0.3 is 0 Å². The average molecular weight is 215 g/mol. The van der Waals surface area contributed by atoms with Gasteiger partial charge in [0.2, 0.25) is 0 Å². The molecule has 1 N–H and O–H groups in total. The van der Waals surface area contributed by atoms with Crippen LogP contribution in [0.25, 0.3) is 0 Å². The molecular weight excluding hydrogens is 200 g/mol. The number of aliphatic hydroxyl groups excluding tert-OH is 1. The summed E-state index contributed by atoms with van der Waals surface area (Å²) in [7, 11) is 1.71. The van der Waals surface area contributed by atoms with Gasteiger partial charge in [-0.15, -0.1) is 0 Å². The van der Waals surface area contributed by atoms with E-state index in [2.05, 4.69) is 0 Å². The molecule has 84 valence electrons. The lowest BCUT2D eigenvalue weighted by Gasteiger charge is -2.18. The van der Waals surface area contributed by atoms with Crippen LogP contribution >= 0.6 is 0 Å². The van der Waals surface area contributed by atoms with E-state index in [4.69, 9.17) is 5.11 Å². The summed E-state index contributed by atoms with van der Waals surface area (Å²) in [6.07, 6.45) is -0.509. The molecule has 1 rings (SSSR count). The first kappa shape index (κ1) is 12.1. The number of halogens is 2. The van der Waals surface area contributed by atoms with Crippen LogP contribution in [0.4, 0.5) is 8.78 Å². The van der Waals surface area contributed by atoms with Crippen LogP contribution in [0.2, 0.25) is 0 Å². The molecular formula is C11H15F2NO. The Labute approximate surface area is 88.1 Å². The first-order valence-corrected chi connectivity index (χ1v) is 4.80. The fourth-order valence-corrected chi connectivity index (χ4v) is 1.47. The molecule has 2 nitrogen and oxygen atoms in total. The molecule has 0 heterocycles. The van der Waals surface area contributed by atoms with Gasteiger partial charge in [-0.2, -0.15) is 0 Å². The lowest BCUT2D eigenvalue weighted by Crippen LogP contribution is -2.27. The molecule has 1 aromatic carbocycles. The van der Waals surface area contributed by atoms with Gasteiger partial charge in [0.15, 0.2) is 0 Å². The fourth-order valence-electron chi connectivity index (χ4n) is 1.47. The van der Waals surface area contributed by atoms with Crippen molar-refractivity contribution in [1.29, 1.82) is 0 Å². The first-order valence-electron chi connectivity index (χ1n) is 4.80. The standard InChI is InChI=1S/C11H15F2NO/c1-8(15)6-14(2)7-9-10(12)4-3-5-11(9)13/h3-5,8,15H,6-7H2,1-2H3. The predicted molar refractivity (Wildman–Crippen MR) is 54.4 cm³/mol. The van der Waals surface area contributed by atoms with Crippen molar-refractivity contribution in [3.05, 3.63) is 35.4 Å². The van der Waals surface area contributed by atoms with E-state index in [0.29, 0.717) is 6.54 Å². The van der Waals surface area contributed by atoms with Gasteiger partial charge in [-0.1, -0.05) is 6.07 Å². The molecule has 0 spiro atoms. The highest BCUT2D eigenvalue weighted by molar-refractivity contribution is 5.19. The number of nitrogens with zero attached hydrogens (tertiary/aromatic N) is 1. The highest BCUT2D eigenvalue weighted by Crippen LogP contribution is 2.13. The molecule has 0 radical (unpaired) electrons. The van der Waals surface area contributed by atoms with Crippen LogP contribution in [0.1, 0.15) is 12.5 Å². The molecule has 0 aromatic heterocycles. The third-order valence-electron chi connectivity index (χ3n) is 2.07. The lowest BCUT2D eigenvalue weighted by atomic mass is 10.2. The maximum Gasteiger partial charge on any atom is 0.130 e. The van der Waals surface area contributed by atoms with Crippen molar-refractivity contribution in [3.8, 4) is 0 Å². The Morgan fingerprint density at radius 2 is 1.87 bits per heavy atom. The Morgan fingerprint density at radius 1 is 1.33 bits per heavy atom. The molecule has 4 heteroatoms. The zero-order chi connectivity index (χ0) is 11.4. The van der Waals surface area contributed by atoms with Gasteiger partial charge in [0.25, 0.3) is 0 Å². The Kier molecular flexibility index (Phi) is 4.17. The molecule has 0 aliphatic rings. The number of rotatable bonds is 4. The van der Waals surface area contributed by atoms with Crippen molar-refractivity contribution < 1.29 is 13.9 Å². The van der Waals surface area contributed by atoms with Gasteiger partial charge in [0, 0.05) is 18.7 Å². The van der Waals surface area contributed by atoms with Crippen molar-refractivity contribution in [2.75, 3.05) is 13.6 Å². The summed E-state index contributed by atoms with van der Waals surface area (Å²) in [5, 5.41) is 9.11. The molecule has 1 atom stereocenters. The molecule has 0 aliphatic carbocycles. The van der Waals surface area contributed by atoms with E-state index in [1.807, 2.05) is 0 Å². The van der Waals surface area contributed by atoms with E-state index in [-0.39, 0.29) is 12.1 Å². The van der Waals surface area contributed by atoms with Gasteiger partial charge in [-0.05, 0) is 26.1 Å². The summed E-state index contributed by atoms with van der Waals surface area (Å²) in [6, 6.07) is 3.80. The second-order valence-electron chi connectivity index (χ2n) is 3.75. The van der Waals surface area contributed by atoms with Crippen LogP contribution in [0.3, 0.4) is 0 Å². The van der Waals surface area contributed by atoms with Crippen LogP contribution in [0.15, 0.2) is 18.2 Å². The Balaban J connectivity index is 2.71. The quantitative estimate of drug-likeness (QED) is 0.827. The fraction of sp³-hybridized carbons (Fsp3) is 0.455. The molecule has 0 bridgehead atoms. The zero-order valence-electron chi connectivity index (χ0n) is 8.87. The monoisotopic (exact) mass is 215 g/mol. The topological polar surface area (TPSA) is 23.5 Å². The van der Waals surface area contributed by atoms with Gasteiger partial charge < -0.3 is 5.11 Å². The molecule has 1 aromatic rings. The third-order valence-corrected chi connectivity index (χ3v) is 2.07. The second kappa shape index (κ2) is 5.19. The number of aliphatic hydroxyl groups is 1. The minimum absolute atomic E-state index is 0.0423. The van der Waals surface area contributed by atoms with Gasteiger partial charge in [-0.25, -0.2) is 8.78 Å². The van der Waals surface area contributed by atoms with Crippen molar-refractivity contribution >= 4 is 0 Å². The minimum Gasteiger partial charge on any atom is -0.392 e. The number of hydrogen-bond donors (Lipinski definition) is 1. The molecule has 0 fully saturated rings. The van der Waals surface area contributed by atoms with Crippen molar-refractivity contribution in [3.63, 3.8) is 0 Å². The van der Waals surface area contributed by atoms with E-state index < -0.39 is 17.7 Å². The van der Waals surface area contributed by atoms with Gasteiger partial charge in [-0.3, -0.25) is 4.90 Å². The maximum absolute atomic E-state index is 13.2. The van der Waals surface area contributed by atoms with Crippen LogP contribution in [-0.4, -0.2) is 29.7 Å². The van der Waals surface area contributed by atoms with Crippen LogP contribution in [-0.2, 0) is 6.54 Å². The van der Waals surface area contributed by atoms with E-state index in [1.54, 1.807) is 18.9 Å². The van der Waals surface area contributed by atoms with Crippen molar-refractivity contribution in [1.82, 2.24) is 4.90 Å². The van der Waals surface area contributed by atoms with Gasteiger partial charge in [0.1, 0.15) is 11.6 Å². The molecule has 0 amide bonds. The summed E-state index contributed by atoms with van der Waals surface area (Å²) < 4.78 is 26.4. The largest absolute Gasteiger partial charge is 0.392 e. The SMILES string of the molecule is CC(O)CN(C)Cc1c(F)cccc1F. The normalized spacial score (nSPS) is 13.2. The Hall–Kier alpha value is -1.00. The molecule has 0 saturated carbocycles. The van der Waals surface area contributed by atoms with Gasteiger partial charge in [0.05, 0.1) is 6.10 Å². The molecule has 15 heavy (non-hydrogen) atoms. The smallest absolute Gasteiger partial charge is 0.130 e. The first-order chi connectivity index (χ1) is 7.00. The zero-order valence-corrected chi connectivity index (χ0v) is 8.87. The summed E-state index contributed by atoms with van der Waals surface area (Å²) in [4.78, 5) is 1.67. The van der Waals surface area contributed by atoms with Crippen LogP contribution in [0, 0.1) is 11.6 Å². The van der Waals surface area contributed by atoms with Crippen molar-refractivity contribution in [2.24, 2.45) is 0 Å². The third kappa shape index (κ3) is 3.57. The molecule has 0 saturated heterocycles. The highest BCUT2D eigenvalue weighted by atomic mass is 19.1. The summed E-state index contributed by atoms with van der Waals surface area (Å²) in [5.41, 5.74) is 0.0423. The van der Waals surface area contributed by atoms with Crippen LogP contribution in [0.5, 0.6) is 0 Å². The van der Waals surface area contributed by atoms with E-state index >= 15 is 0 Å². The summed E-state index contributed by atoms with van der Waals surface area (Å²) in [5.74, 6) is -1.10. The predicted octanol–water partition coefficient (Wildman–Crippen LogP) is 1.78. The Bertz CT molecular complexity index is 308. The van der Waals surface area contributed by atoms with Crippen LogP contribution < -0.4 is 0 Å². The number of benzene rings is 1. The molecule has 1 unspecified atom stereocenters. The summed E-state index contributed by atoms with van der Waals surface area (Å²) >= 11 is 0. The Morgan fingerprint density at radius 3 is 2.33 bits per heavy atom. The van der Waals surface area contributed by atoms with E-state index in [0.717, 1.165) is 0 Å². The van der Waals surface area contributed by atoms with E-state index in [9.17, 15) is 8.78 Å². The van der Waals surface area contributed by atoms with E-state index in [1.165, 1.54) is 18.2 Å².